The highest BCUT2D eigenvalue weighted by Gasteiger charge is 2.46. The zero-order chi connectivity index (χ0) is 21.3. The lowest BCUT2D eigenvalue weighted by Crippen LogP contribution is -2.44. The number of hydrogen-bond acceptors (Lipinski definition) is 4. The van der Waals surface area contributed by atoms with Crippen molar-refractivity contribution in [1.82, 2.24) is 9.80 Å². The van der Waals surface area contributed by atoms with E-state index in [4.69, 9.17) is 0 Å². The number of thiophene rings is 2. The molecule has 4 rings (SSSR count). The largest absolute Gasteiger partial charge is 0.348 e. The maximum absolute atomic E-state index is 13.2. The van der Waals surface area contributed by atoms with Crippen LogP contribution >= 0.6 is 22.7 Å². The van der Waals surface area contributed by atoms with Gasteiger partial charge in [-0.2, -0.15) is 11.3 Å². The number of nitrogens with zero attached hydrogens (tertiary/aromatic N) is 2. The van der Waals surface area contributed by atoms with Crippen LogP contribution in [0.1, 0.15) is 27.2 Å². The van der Waals surface area contributed by atoms with E-state index < -0.39 is 5.41 Å². The van der Waals surface area contributed by atoms with Crippen LogP contribution in [0.25, 0.3) is 11.1 Å². The Morgan fingerprint density at radius 1 is 1.10 bits per heavy atom. The van der Waals surface area contributed by atoms with Gasteiger partial charge in [0.25, 0.3) is 5.91 Å². The summed E-state index contributed by atoms with van der Waals surface area (Å²) in [7, 11) is 3.60. The molecule has 1 aliphatic rings. The van der Waals surface area contributed by atoms with E-state index in [-0.39, 0.29) is 11.8 Å². The zero-order valence-corrected chi connectivity index (χ0v) is 19.2. The van der Waals surface area contributed by atoms with Gasteiger partial charge in [-0.15, -0.1) is 11.3 Å². The van der Waals surface area contributed by atoms with Crippen molar-refractivity contribution < 1.29 is 9.59 Å². The topological polar surface area (TPSA) is 40.6 Å². The molecule has 0 bridgehead atoms. The van der Waals surface area contributed by atoms with Crippen molar-refractivity contribution in [2.24, 2.45) is 5.41 Å². The van der Waals surface area contributed by atoms with Gasteiger partial charge >= 0.3 is 0 Å². The van der Waals surface area contributed by atoms with Gasteiger partial charge in [0.05, 0.1) is 11.0 Å². The molecule has 4 nitrogen and oxygen atoms in total. The van der Waals surface area contributed by atoms with Crippen LogP contribution in [0.3, 0.4) is 0 Å². The fraction of sp³-hybridized carbons (Fsp3) is 0.333. The van der Waals surface area contributed by atoms with Gasteiger partial charge in [0.2, 0.25) is 5.91 Å². The highest BCUT2D eigenvalue weighted by atomic mass is 32.1. The first-order chi connectivity index (χ1) is 14.4. The molecular weight excluding hydrogens is 412 g/mol. The normalized spacial score (nSPS) is 18.6. The Balaban J connectivity index is 1.56. The molecule has 30 heavy (non-hydrogen) atoms. The second-order valence-corrected chi connectivity index (χ2v) is 10.2. The van der Waals surface area contributed by atoms with Gasteiger partial charge in [0, 0.05) is 37.4 Å². The third kappa shape index (κ3) is 4.07. The fourth-order valence-corrected chi connectivity index (χ4v) is 5.63. The van der Waals surface area contributed by atoms with Crippen molar-refractivity contribution >= 4 is 34.5 Å². The van der Waals surface area contributed by atoms with Gasteiger partial charge in [0.15, 0.2) is 0 Å². The molecule has 2 aromatic heterocycles. The predicted molar refractivity (Wildman–Crippen MR) is 124 cm³/mol. The van der Waals surface area contributed by atoms with Crippen LogP contribution < -0.4 is 0 Å². The van der Waals surface area contributed by atoms with Gasteiger partial charge < -0.3 is 9.80 Å². The number of amides is 2. The van der Waals surface area contributed by atoms with Crippen LogP contribution in [0.4, 0.5) is 0 Å². The Kier molecular flexibility index (Phi) is 5.80. The zero-order valence-electron chi connectivity index (χ0n) is 17.6. The molecule has 6 heteroatoms. The molecule has 1 aromatic carbocycles. The Bertz CT molecular complexity index is 1040. The SMILES string of the molecule is Cc1cc(C(=O)N2CCC(Cc3ccc(-c4ccsc4)cc3)(C(=O)N(C)C)C2)cs1. The monoisotopic (exact) mass is 438 g/mol. The summed E-state index contributed by atoms with van der Waals surface area (Å²) in [6, 6.07) is 12.5. The van der Waals surface area contributed by atoms with E-state index >= 15 is 0 Å². The fourth-order valence-electron chi connectivity index (χ4n) is 4.29. The molecule has 1 aliphatic heterocycles. The van der Waals surface area contributed by atoms with E-state index in [0.717, 1.165) is 16.0 Å². The Hall–Kier alpha value is -2.44. The molecule has 1 fully saturated rings. The number of likely N-dealkylation sites (tertiary alicyclic amines) is 1. The van der Waals surface area contributed by atoms with E-state index in [2.05, 4.69) is 41.1 Å². The maximum atomic E-state index is 13.2. The number of carbonyl (C=O) groups is 2. The molecule has 0 spiro atoms. The minimum atomic E-state index is -0.575. The van der Waals surface area contributed by atoms with Crippen molar-refractivity contribution in [3.63, 3.8) is 0 Å². The van der Waals surface area contributed by atoms with Crippen molar-refractivity contribution in [2.75, 3.05) is 27.2 Å². The Labute approximate surface area is 185 Å². The van der Waals surface area contributed by atoms with E-state index in [1.807, 2.05) is 23.3 Å². The van der Waals surface area contributed by atoms with Gasteiger partial charge in [-0.05, 0) is 59.3 Å². The van der Waals surface area contributed by atoms with E-state index in [0.29, 0.717) is 25.9 Å². The molecule has 0 radical (unpaired) electrons. The van der Waals surface area contributed by atoms with E-state index in [1.165, 1.54) is 11.1 Å². The molecule has 1 saturated heterocycles. The first kappa shape index (κ1) is 20.8. The van der Waals surface area contributed by atoms with Gasteiger partial charge in [-0.3, -0.25) is 9.59 Å². The molecule has 1 atom stereocenters. The molecule has 2 amide bonds. The standard InChI is InChI=1S/C24H26N2O2S2/c1-17-12-21(15-30-17)22(27)26-10-9-24(16-26,23(28)25(2)3)13-18-4-6-19(7-5-18)20-8-11-29-14-20/h4-8,11-12,14-15H,9-10,13,16H2,1-3H3. The van der Waals surface area contributed by atoms with Crippen LogP contribution in [0.2, 0.25) is 0 Å². The lowest BCUT2D eigenvalue weighted by atomic mass is 9.79. The highest BCUT2D eigenvalue weighted by Crippen LogP contribution is 2.37. The van der Waals surface area contributed by atoms with Crippen molar-refractivity contribution in [1.29, 1.82) is 0 Å². The van der Waals surface area contributed by atoms with Crippen LogP contribution in [0.5, 0.6) is 0 Å². The van der Waals surface area contributed by atoms with Crippen LogP contribution in [-0.2, 0) is 11.2 Å². The highest BCUT2D eigenvalue weighted by molar-refractivity contribution is 7.10. The summed E-state index contributed by atoms with van der Waals surface area (Å²) in [5.41, 5.74) is 3.68. The summed E-state index contributed by atoms with van der Waals surface area (Å²) in [4.78, 5) is 30.8. The van der Waals surface area contributed by atoms with Gasteiger partial charge in [-0.1, -0.05) is 24.3 Å². The smallest absolute Gasteiger partial charge is 0.254 e. The number of rotatable bonds is 5. The van der Waals surface area contributed by atoms with Gasteiger partial charge in [-0.25, -0.2) is 0 Å². The maximum Gasteiger partial charge on any atom is 0.254 e. The number of aryl methyl sites for hydroxylation is 1. The summed E-state index contributed by atoms with van der Waals surface area (Å²) in [6.45, 7) is 3.08. The second kappa shape index (κ2) is 8.36. The summed E-state index contributed by atoms with van der Waals surface area (Å²) < 4.78 is 0. The van der Waals surface area contributed by atoms with E-state index in [1.54, 1.807) is 41.7 Å². The van der Waals surface area contributed by atoms with E-state index in [9.17, 15) is 9.59 Å². The third-order valence-electron chi connectivity index (χ3n) is 5.83. The first-order valence-corrected chi connectivity index (χ1v) is 11.9. The van der Waals surface area contributed by atoms with Crippen molar-refractivity contribution in [2.45, 2.75) is 19.8 Å². The molecule has 0 N–H and O–H groups in total. The average Bonchev–Trinajstić information content (AvgIpc) is 3.49. The summed E-state index contributed by atoms with van der Waals surface area (Å²) in [5, 5.41) is 6.13. The third-order valence-corrected chi connectivity index (χ3v) is 7.37. The minimum absolute atomic E-state index is 0.0283. The predicted octanol–water partition coefficient (Wildman–Crippen LogP) is 4.95. The molecule has 3 aromatic rings. The lowest BCUT2D eigenvalue weighted by molar-refractivity contribution is -0.138. The molecule has 0 saturated carbocycles. The number of hydrogen-bond donors (Lipinski definition) is 0. The van der Waals surface area contributed by atoms with Crippen LogP contribution in [-0.4, -0.2) is 48.8 Å². The second-order valence-electron chi connectivity index (χ2n) is 8.29. The number of benzene rings is 1. The molecule has 156 valence electrons. The summed E-state index contributed by atoms with van der Waals surface area (Å²) in [5.74, 6) is 0.127. The minimum Gasteiger partial charge on any atom is -0.348 e. The Morgan fingerprint density at radius 2 is 1.87 bits per heavy atom. The van der Waals surface area contributed by atoms with Crippen LogP contribution in [0, 0.1) is 12.3 Å². The average molecular weight is 439 g/mol. The van der Waals surface area contributed by atoms with Crippen molar-refractivity contribution in [3.8, 4) is 11.1 Å². The lowest BCUT2D eigenvalue weighted by Gasteiger charge is -2.31. The van der Waals surface area contributed by atoms with Crippen molar-refractivity contribution in [3.05, 3.63) is 68.5 Å². The molecule has 3 heterocycles. The molecule has 1 unspecified atom stereocenters. The van der Waals surface area contributed by atoms with Crippen LogP contribution in [0.15, 0.2) is 52.5 Å². The number of carbonyl (C=O) groups excluding carboxylic acids is 2. The van der Waals surface area contributed by atoms with Gasteiger partial charge in [0.1, 0.15) is 0 Å². The summed E-state index contributed by atoms with van der Waals surface area (Å²) >= 11 is 3.27. The Morgan fingerprint density at radius 3 is 2.47 bits per heavy atom. The molecule has 0 aliphatic carbocycles. The summed E-state index contributed by atoms with van der Waals surface area (Å²) in [6.07, 6.45) is 1.32. The first-order valence-electron chi connectivity index (χ1n) is 10.1. The quantitative estimate of drug-likeness (QED) is 0.566. The molecular formula is C24H26N2O2S2.